The molecule has 0 saturated heterocycles. The average molecular weight is 412 g/mol. The molecule has 1 aromatic heterocycles. The molecule has 1 aromatic carbocycles. The molecule has 0 aliphatic heterocycles. The highest BCUT2D eigenvalue weighted by molar-refractivity contribution is 7.99. The Balaban J connectivity index is 2.00. The van der Waals surface area contributed by atoms with E-state index < -0.39 is 18.6 Å². The van der Waals surface area contributed by atoms with Crippen LogP contribution in [0.3, 0.4) is 0 Å². The number of aromatic nitrogens is 2. The summed E-state index contributed by atoms with van der Waals surface area (Å²) in [5, 5.41) is 4.94. The maximum absolute atomic E-state index is 12.2. The number of aryl methyl sites for hydroxylation is 3. The van der Waals surface area contributed by atoms with E-state index in [0.717, 1.165) is 23.1 Å². The number of nitrogens with one attached hydrogen (secondary N) is 2. The predicted molar refractivity (Wildman–Crippen MR) is 100 cm³/mol. The third-order valence-corrected chi connectivity index (χ3v) is 4.36. The summed E-state index contributed by atoms with van der Waals surface area (Å²) in [6.07, 6.45) is -4.50. The number of nitrogens with zero attached hydrogens (tertiary/aromatic N) is 2. The second-order valence-electron chi connectivity index (χ2n) is 6.10. The Labute approximate surface area is 164 Å². The van der Waals surface area contributed by atoms with Crippen LogP contribution in [0.15, 0.2) is 29.4 Å². The number of hydrogen-bond acceptors (Lipinski definition) is 5. The fourth-order valence-electron chi connectivity index (χ4n) is 2.25. The SMILES string of the molecule is Cc1cc(C)nc(SCC(=O)Nc2cc(C(=O)NCC(F)(F)F)ccc2C)n1. The summed E-state index contributed by atoms with van der Waals surface area (Å²) in [6, 6.07) is 6.12. The summed E-state index contributed by atoms with van der Waals surface area (Å²) in [6.45, 7) is 3.95. The molecule has 10 heteroatoms. The van der Waals surface area contributed by atoms with Gasteiger partial charge in [-0.15, -0.1) is 0 Å². The minimum Gasteiger partial charge on any atom is -0.343 e. The van der Waals surface area contributed by atoms with Gasteiger partial charge in [0, 0.05) is 22.6 Å². The first-order chi connectivity index (χ1) is 13.0. The monoisotopic (exact) mass is 412 g/mol. The molecule has 6 nitrogen and oxygen atoms in total. The van der Waals surface area contributed by atoms with E-state index in [4.69, 9.17) is 0 Å². The number of carbonyl (C=O) groups excluding carboxylic acids is 2. The van der Waals surface area contributed by atoms with E-state index >= 15 is 0 Å². The Morgan fingerprint density at radius 1 is 1.07 bits per heavy atom. The van der Waals surface area contributed by atoms with E-state index in [1.165, 1.54) is 12.1 Å². The Hall–Kier alpha value is -2.62. The average Bonchev–Trinajstić information content (AvgIpc) is 2.58. The molecule has 0 atom stereocenters. The van der Waals surface area contributed by atoms with Gasteiger partial charge in [-0.25, -0.2) is 9.97 Å². The molecule has 1 heterocycles. The van der Waals surface area contributed by atoms with Crippen molar-refractivity contribution < 1.29 is 22.8 Å². The molecule has 2 rings (SSSR count). The summed E-state index contributed by atoms with van der Waals surface area (Å²) in [4.78, 5) is 32.6. The molecule has 0 aliphatic rings. The molecule has 0 unspecified atom stereocenters. The van der Waals surface area contributed by atoms with Gasteiger partial charge in [0.05, 0.1) is 5.75 Å². The van der Waals surface area contributed by atoms with Gasteiger partial charge in [-0.2, -0.15) is 13.2 Å². The first-order valence-electron chi connectivity index (χ1n) is 8.24. The third kappa shape index (κ3) is 6.84. The van der Waals surface area contributed by atoms with Crippen LogP contribution in [0.2, 0.25) is 0 Å². The Kier molecular flexibility index (Phi) is 7.00. The van der Waals surface area contributed by atoms with Crippen LogP contribution in [0.25, 0.3) is 0 Å². The fraction of sp³-hybridized carbons (Fsp3) is 0.333. The molecule has 2 N–H and O–H groups in total. The maximum Gasteiger partial charge on any atom is 0.405 e. The van der Waals surface area contributed by atoms with Crippen LogP contribution in [-0.2, 0) is 4.79 Å². The van der Waals surface area contributed by atoms with Crippen LogP contribution < -0.4 is 10.6 Å². The number of hydrogen-bond donors (Lipinski definition) is 2. The molecule has 150 valence electrons. The number of amides is 2. The lowest BCUT2D eigenvalue weighted by Gasteiger charge is -2.12. The Bertz CT molecular complexity index is 867. The first kappa shape index (κ1) is 21.7. The number of rotatable bonds is 6. The smallest absolute Gasteiger partial charge is 0.343 e. The van der Waals surface area contributed by atoms with Gasteiger partial charge >= 0.3 is 6.18 Å². The second-order valence-corrected chi connectivity index (χ2v) is 7.04. The minimum atomic E-state index is -4.50. The van der Waals surface area contributed by atoms with E-state index in [1.54, 1.807) is 18.3 Å². The van der Waals surface area contributed by atoms with E-state index in [-0.39, 0.29) is 17.2 Å². The van der Waals surface area contributed by atoms with Crippen molar-refractivity contribution in [2.24, 2.45) is 0 Å². The van der Waals surface area contributed by atoms with E-state index in [2.05, 4.69) is 15.3 Å². The molecule has 0 saturated carbocycles. The number of alkyl halides is 3. The third-order valence-electron chi connectivity index (χ3n) is 3.52. The van der Waals surface area contributed by atoms with E-state index in [9.17, 15) is 22.8 Å². The van der Waals surface area contributed by atoms with Crippen molar-refractivity contribution >= 4 is 29.3 Å². The standard InChI is InChI=1S/C18H19F3N4O2S/c1-10-4-5-13(16(27)22-9-18(19,20)21)7-14(10)25-15(26)8-28-17-23-11(2)6-12(3)24-17/h4-7H,8-9H2,1-3H3,(H,22,27)(H,25,26). The molecule has 0 fully saturated rings. The van der Waals surface area contributed by atoms with Crippen molar-refractivity contribution in [3.05, 3.63) is 46.8 Å². The fourth-order valence-corrected chi connectivity index (χ4v) is 3.00. The van der Waals surface area contributed by atoms with Gasteiger partial charge in [-0.1, -0.05) is 17.8 Å². The normalized spacial score (nSPS) is 11.2. The van der Waals surface area contributed by atoms with Gasteiger partial charge < -0.3 is 10.6 Å². The Morgan fingerprint density at radius 3 is 2.32 bits per heavy atom. The van der Waals surface area contributed by atoms with Crippen molar-refractivity contribution in [2.45, 2.75) is 32.1 Å². The van der Waals surface area contributed by atoms with E-state index in [1.807, 2.05) is 19.9 Å². The van der Waals surface area contributed by atoms with Gasteiger partial charge in [-0.3, -0.25) is 9.59 Å². The molecule has 0 aliphatic carbocycles. The zero-order valence-electron chi connectivity index (χ0n) is 15.5. The zero-order chi connectivity index (χ0) is 20.9. The molecule has 2 aromatic rings. The van der Waals surface area contributed by atoms with Crippen LogP contribution in [0, 0.1) is 20.8 Å². The van der Waals surface area contributed by atoms with Crippen LogP contribution in [0.5, 0.6) is 0 Å². The number of benzene rings is 1. The predicted octanol–water partition coefficient (Wildman–Crippen LogP) is 3.42. The number of carbonyl (C=O) groups is 2. The van der Waals surface area contributed by atoms with Gasteiger partial charge in [-0.05, 0) is 44.5 Å². The van der Waals surface area contributed by atoms with Gasteiger partial charge in [0.25, 0.3) is 5.91 Å². The van der Waals surface area contributed by atoms with Crippen LogP contribution in [-0.4, -0.2) is 40.3 Å². The summed E-state index contributed by atoms with van der Waals surface area (Å²) < 4.78 is 36.7. The summed E-state index contributed by atoms with van der Waals surface area (Å²) in [5.74, 6) is -1.16. The van der Waals surface area contributed by atoms with Crippen LogP contribution in [0.1, 0.15) is 27.3 Å². The molecular weight excluding hydrogens is 393 g/mol. The highest BCUT2D eigenvalue weighted by atomic mass is 32.2. The lowest BCUT2D eigenvalue weighted by molar-refractivity contribution is -0.123. The second kappa shape index (κ2) is 9.05. The number of anilines is 1. The molecule has 0 spiro atoms. The lowest BCUT2D eigenvalue weighted by Crippen LogP contribution is -2.33. The van der Waals surface area contributed by atoms with Gasteiger partial charge in [0.15, 0.2) is 5.16 Å². The van der Waals surface area contributed by atoms with Crippen LogP contribution >= 0.6 is 11.8 Å². The molecule has 0 radical (unpaired) electrons. The highest BCUT2D eigenvalue weighted by Gasteiger charge is 2.28. The highest BCUT2D eigenvalue weighted by Crippen LogP contribution is 2.20. The first-order valence-corrected chi connectivity index (χ1v) is 9.22. The summed E-state index contributed by atoms with van der Waals surface area (Å²) in [5.41, 5.74) is 2.64. The zero-order valence-corrected chi connectivity index (χ0v) is 16.3. The van der Waals surface area contributed by atoms with Gasteiger partial charge in [0.1, 0.15) is 6.54 Å². The topological polar surface area (TPSA) is 84.0 Å². The number of halogens is 3. The maximum atomic E-state index is 12.2. The molecule has 28 heavy (non-hydrogen) atoms. The summed E-state index contributed by atoms with van der Waals surface area (Å²) in [7, 11) is 0. The Morgan fingerprint density at radius 2 is 1.71 bits per heavy atom. The van der Waals surface area contributed by atoms with Gasteiger partial charge in [0.2, 0.25) is 5.91 Å². The van der Waals surface area contributed by atoms with Crippen molar-refractivity contribution in [3.8, 4) is 0 Å². The number of thioether (sulfide) groups is 1. The van der Waals surface area contributed by atoms with Crippen molar-refractivity contribution in [3.63, 3.8) is 0 Å². The minimum absolute atomic E-state index is 0.0236. The molecular formula is C18H19F3N4O2S. The summed E-state index contributed by atoms with van der Waals surface area (Å²) >= 11 is 1.16. The lowest BCUT2D eigenvalue weighted by atomic mass is 10.1. The molecule has 0 bridgehead atoms. The van der Waals surface area contributed by atoms with Crippen molar-refractivity contribution in [1.82, 2.24) is 15.3 Å². The van der Waals surface area contributed by atoms with Crippen molar-refractivity contribution in [1.29, 1.82) is 0 Å². The van der Waals surface area contributed by atoms with E-state index in [0.29, 0.717) is 16.4 Å². The van der Waals surface area contributed by atoms with Crippen molar-refractivity contribution in [2.75, 3.05) is 17.6 Å². The quantitative estimate of drug-likeness (QED) is 0.561. The van der Waals surface area contributed by atoms with Crippen LogP contribution in [0.4, 0.5) is 18.9 Å². The largest absolute Gasteiger partial charge is 0.405 e. The molecule has 2 amide bonds.